The molecule has 0 heterocycles. The van der Waals surface area contributed by atoms with E-state index < -0.39 is 5.91 Å². The number of ether oxygens (including phenoxy) is 2. The van der Waals surface area contributed by atoms with E-state index in [0.29, 0.717) is 11.5 Å². The minimum Gasteiger partial charge on any atom is -0.497 e. The van der Waals surface area contributed by atoms with Gasteiger partial charge in [0.2, 0.25) is 5.91 Å². The molecule has 6 nitrogen and oxygen atoms in total. The molecule has 0 saturated heterocycles. The maximum absolute atomic E-state index is 12.4. The molecule has 1 fully saturated rings. The van der Waals surface area contributed by atoms with Crippen molar-refractivity contribution in [3.05, 3.63) is 24.3 Å². The molecule has 1 aromatic rings. The third-order valence-corrected chi connectivity index (χ3v) is 3.82. The van der Waals surface area contributed by atoms with E-state index in [1.807, 2.05) is 0 Å². The van der Waals surface area contributed by atoms with E-state index in [2.05, 4.69) is 0 Å². The van der Waals surface area contributed by atoms with Crippen LogP contribution in [0.25, 0.3) is 0 Å². The largest absolute Gasteiger partial charge is 0.497 e. The van der Waals surface area contributed by atoms with Crippen LogP contribution in [0.15, 0.2) is 24.3 Å². The van der Waals surface area contributed by atoms with E-state index in [0.717, 1.165) is 25.7 Å². The number of methoxy groups -OCH3 is 1. The van der Waals surface area contributed by atoms with Crippen molar-refractivity contribution in [2.75, 3.05) is 20.3 Å². The molecular weight excluding hydrogens is 284 g/mol. The lowest BCUT2D eigenvalue weighted by molar-refractivity contribution is -0.139. The van der Waals surface area contributed by atoms with Gasteiger partial charge in [0, 0.05) is 12.1 Å². The summed E-state index contributed by atoms with van der Waals surface area (Å²) in [5.74, 6) is 0.503. The summed E-state index contributed by atoms with van der Waals surface area (Å²) < 4.78 is 10.6. The van der Waals surface area contributed by atoms with Crippen LogP contribution in [0.1, 0.15) is 25.7 Å². The molecule has 0 atom stereocenters. The number of rotatable bonds is 7. The van der Waals surface area contributed by atoms with Crippen molar-refractivity contribution in [3.8, 4) is 11.5 Å². The molecule has 120 valence electrons. The van der Waals surface area contributed by atoms with Gasteiger partial charge in [0.25, 0.3) is 5.91 Å². The number of carbonyl (C=O) groups excluding carboxylic acids is 2. The number of amides is 2. The molecule has 0 bridgehead atoms. The molecule has 0 radical (unpaired) electrons. The van der Waals surface area contributed by atoms with Crippen molar-refractivity contribution in [3.63, 3.8) is 0 Å². The molecule has 22 heavy (non-hydrogen) atoms. The second kappa shape index (κ2) is 7.68. The van der Waals surface area contributed by atoms with E-state index in [-0.39, 0.29) is 25.1 Å². The van der Waals surface area contributed by atoms with Gasteiger partial charge in [-0.2, -0.15) is 0 Å². The van der Waals surface area contributed by atoms with Gasteiger partial charge in [-0.3, -0.25) is 9.59 Å². The van der Waals surface area contributed by atoms with Crippen molar-refractivity contribution in [1.29, 1.82) is 0 Å². The first-order valence-electron chi connectivity index (χ1n) is 7.45. The first-order chi connectivity index (χ1) is 10.6. The summed E-state index contributed by atoms with van der Waals surface area (Å²) in [7, 11) is 1.57. The highest BCUT2D eigenvalue weighted by Gasteiger charge is 2.27. The van der Waals surface area contributed by atoms with Crippen LogP contribution in [0, 0.1) is 0 Å². The van der Waals surface area contributed by atoms with E-state index >= 15 is 0 Å². The van der Waals surface area contributed by atoms with E-state index in [4.69, 9.17) is 15.2 Å². The van der Waals surface area contributed by atoms with Crippen molar-refractivity contribution in [2.24, 2.45) is 5.73 Å². The zero-order valence-electron chi connectivity index (χ0n) is 12.8. The average Bonchev–Trinajstić information content (AvgIpc) is 3.04. The smallest absolute Gasteiger partial charge is 0.261 e. The van der Waals surface area contributed by atoms with Crippen LogP contribution in [0.2, 0.25) is 0 Å². The molecular formula is C16H22N2O4. The maximum Gasteiger partial charge on any atom is 0.261 e. The van der Waals surface area contributed by atoms with Gasteiger partial charge in [0.05, 0.1) is 13.7 Å². The van der Waals surface area contributed by atoms with Crippen LogP contribution in [0.5, 0.6) is 11.5 Å². The molecule has 1 aliphatic rings. The maximum atomic E-state index is 12.4. The highest BCUT2D eigenvalue weighted by Crippen LogP contribution is 2.24. The first-order valence-corrected chi connectivity index (χ1v) is 7.45. The van der Waals surface area contributed by atoms with Crippen LogP contribution < -0.4 is 15.2 Å². The molecule has 0 aliphatic heterocycles. The van der Waals surface area contributed by atoms with E-state index in [1.54, 1.807) is 36.3 Å². The van der Waals surface area contributed by atoms with Gasteiger partial charge >= 0.3 is 0 Å². The van der Waals surface area contributed by atoms with Gasteiger partial charge in [-0.05, 0) is 25.0 Å². The lowest BCUT2D eigenvalue weighted by Gasteiger charge is -2.27. The molecule has 0 aromatic heterocycles. The Hall–Kier alpha value is -2.24. The van der Waals surface area contributed by atoms with E-state index in [9.17, 15) is 9.59 Å². The Kier molecular flexibility index (Phi) is 5.63. The monoisotopic (exact) mass is 306 g/mol. The van der Waals surface area contributed by atoms with Gasteiger partial charge in [-0.1, -0.05) is 18.9 Å². The number of hydrogen-bond acceptors (Lipinski definition) is 4. The van der Waals surface area contributed by atoms with Gasteiger partial charge in [-0.25, -0.2) is 0 Å². The van der Waals surface area contributed by atoms with Crippen molar-refractivity contribution >= 4 is 11.8 Å². The lowest BCUT2D eigenvalue weighted by Crippen LogP contribution is -2.46. The molecule has 2 rings (SSSR count). The summed E-state index contributed by atoms with van der Waals surface area (Å²) >= 11 is 0. The number of nitrogens with two attached hydrogens (primary N) is 1. The number of hydrogen-bond donors (Lipinski definition) is 1. The normalized spacial score (nSPS) is 14.6. The molecule has 2 N–H and O–H groups in total. The van der Waals surface area contributed by atoms with E-state index in [1.165, 1.54) is 0 Å². The Balaban J connectivity index is 1.96. The van der Waals surface area contributed by atoms with Crippen molar-refractivity contribution in [1.82, 2.24) is 4.90 Å². The van der Waals surface area contributed by atoms with Gasteiger partial charge in [0.15, 0.2) is 6.61 Å². The van der Waals surface area contributed by atoms with Crippen molar-refractivity contribution < 1.29 is 19.1 Å². The lowest BCUT2D eigenvalue weighted by atomic mass is 10.2. The minimum absolute atomic E-state index is 0.0506. The summed E-state index contributed by atoms with van der Waals surface area (Å²) in [5.41, 5.74) is 5.25. The highest BCUT2D eigenvalue weighted by molar-refractivity contribution is 5.84. The molecule has 6 heteroatoms. The van der Waals surface area contributed by atoms with Crippen LogP contribution in [0.4, 0.5) is 0 Å². The summed E-state index contributed by atoms with van der Waals surface area (Å²) in [4.78, 5) is 25.1. The fraction of sp³-hybridized carbons (Fsp3) is 0.500. The van der Waals surface area contributed by atoms with Gasteiger partial charge in [0.1, 0.15) is 11.5 Å². The van der Waals surface area contributed by atoms with Crippen molar-refractivity contribution in [2.45, 2.75) is 31.7 Å². The number of nitrogens with zero attached hydrogens (tertiary/aromatic N) is 1. The molecule has 1 aliphatic carbocycles. The standard InChI is InChI=1S/C16H22N2O4/c1-21-13-7-4-8-14(9-13)22-11-16(20)18(10-15(17)19)12-5-2-3-6-12/h4,7-9,12H,2-3,5-6,10-11H2,1H3,(H2,17,19). The fourth-order valence-corrected chi connectivity index (χ4v) is 2.72. The van der Waals surface area contributed by atoms with Crippen LogP contribution in [0.3, 0.4) is 0 Å². The van der Waals surface area contributed by atoms with Crippen LogP contribution in [-0.2, 0) is 9.59 Å². The average molecular weight is 306 g/mol. The Morgan fingerprint density at radius 2 is 1.95 bits per heavy atom. The molecule has 2 amide bonds. The number of carbonyl (C=O) groups is 2. The predicted octanol–water partition coefficient (Wildman–Crippen LogP) is 1.33. The summed E-state index contributed by atoms with van der Waals surface area (Å²) in [5, 5.41) is 0. The summed E-state index contributed by atoms with van der Waals surface area (Å²) in [6.07, 6.45) is 3.98. The second-order valence-corrected chi connectivity index (χ2v) is 5.39. The number of primary amides is 1. The predicted molar refractivity (Wildman–Crippen MR) is 81.7 cm³/mol. The zero-order valence-corrected chi connectivity index (χ0v) is 12.8. The summed E-state index contributed by atoms with van der Waals surface area (Å²) in [6, 6.07) is 7.14. The summed E-state index contributed by atoms with van der Waals surface area (Å²) in [6.45, 7) is -0.165. The molecule has 0 spiro atoms. The third kappa shape index (κ3) is 4.38. The van der Waals surface area contributed by atoms with Gasteiger partial charge in [-0.15, -0.1) is 0 Å². The Morgan fingerprint density at radius 3 is 2.59 bits per heavy atom. The second-order valence-electron chi connectivity index (χ2n) is 5.39. The zero-order chi connectivity index (χ0) is 15.9. The van der Waals surface area contributed by atoms with Crippen LogP contribution >= 0.6 is 0 Å². The Bertz CT molecular complexity index is 527. The molecule has 1 saturated carbocycles. The third-order valence-electron chi connectivity index (χ3n) is 3.82. The van der Waals surface area contributed by atoms with Crippen LogP contribution in [-0.4, -0.2) is 43.0 Å². The quantitative estimate of drug-likeness (QED) is 0.824. The first kappa shape index (κ1) is 16.1. The Morgan fingerprint density at radius 1 is 1.27 bits per heavy atom. The fourth-order valence-electron chi connectivity index (χ4n) is 2.72. The Labute approximate surface area is 130 Å². The number of benzene rings is 1. The highest BCUT2D eigenvalue weighted by atomic mass is 16.5. The SMILES string of the molecule is COc1cccc(OCC(=O)N(CC(N)=O)C2CCCC2)c1. The minimum atomic E-state index is -0.498. The topological polar surface area (TPSA) is 81.9 Å². The molecule has 1 aromatic carbocycles. The van der Waals surface area contributed by atoms with Gasteiger partial charge < -0.3 is 20.1 Å². The molecule has 0 unspecified atom stereocenters.